The summed E-state index contributed by atoms with van der Waals surface area (Å²) in [7, 11) is -4.23. The molecule has 0 radical (unpaired) electrons. The second kappa shape index (κ2) is 17.0. The Kier molecular flexibility index (Phi) is 13.0. The number of rotatable bonds is 18. The molecule has 0 unspecified atom stereocenters. The number of halogens is 2. The van der Waals surface area contributed by atoms with Crippen molar-refractivity contribution in [3.63, 3.8) is 0 Å². The molecule has 10 nitrogen and oxygen atoms in total. The highest BCUT2D eigenvalue weighted by atomic mass is 32.2. The molecule has 50 heavy (non-hydrogen) atoms. The van der Waals surface area contributed by atoms with E-state index in [1.807, 2.05) is 32.0 Å². The fourth-order valence-corrected chi connectivity index (χ4v) is 7.47. The van der Waals surface area contributed by atoms with Crippen LogP contribution in [-0.4, -0.2) is 61.6 Å². The number of amides is 2. The largest absolute Gasteiger partial charge is 0.451 e. The highest BCUT2D eigenvalue weighted by Crippen LogP contribution is 2.30. The molecule has 2 atom stereocenters. The van der Waals surface area contributed by atoms with Crippen LogP contribution in [-0.2, 0) is 29.4 Å². The molecule has 0 aliphatic carbocycles. The number of anilines is 1. The van der Waals surface area contributed by atoms with E-state index in [9.17, 15) is 31.9 Å². The first-order valence-corrected chi connectivity index (χ1v) is 18.1. The third-order valence-corrected chi connectivity index (χ3v) is 9.92. The van der Waals surface area contributed by atoms with Gasteiger partial charge in [-0.15, -0.1) is 0 Å². The van der Waals surface area contributed by atoms with Crippen molar-refractivity contribution in [1.29, 1.82) is 0 Å². The maximum absolute atomic E-state index is 14.9. The van der Waals surface area contributed by atoms with Gasteiger partial charge in [-0.3, -0.25) is 14.0 Å². The number of primary amides is 1. The van der Waals surface area contributed by atoms with Gasteiger partial charge in [0.15, 0.2) is 0 Å². The number of nitrogens with two attached hydrogens (primary N) is 1. The Bertz CT molecular complexity index is 1860. The molecule has 1 heterocycles. The molecule has 1 aromatic heterocycles. The van der Waals surface area contributed by atoms with E-state index < -0.39 is 45.6 Å². The molecule has 0 spiro atoms. The van der Waals surface area contributed by atoms with Crippen molar-refractivity contribution >= 4 is 27.5 Å². The lowest BCUT2D eigenvalue weighted by Crippen LogP contribution is -2.65. The van der Waals surface area contributed by atoms with Gasteiger partial charge in [0, 0.05) is 31.1 Å². The number of hydrogen-bond donors (Lipinski definition) is 4. The van der Waals surface area contributed by atoms with Crippen molar-refractivity contribution in [3.8, 4) is 0 Å². The highest BCUT2D eigenvalue weighted by molar-refractivity contribution is 7.92. The lowest BCUT2D eigenvalue weighted by atomic mass is 9.93. The van der Waals surface area contributed by atoms with Gasteiger partial charge in [-0.2, -0.15) is 8.42 Å². The van der Waals surface area contributed by atoms with Gasteiger partial charge >= 0.3 is 5.91 Å². The third kappa shape index (κ3) is 9.42. The van der Waals surface area contributed by atoms with Crippen molar-refractivity contribution < 1.29 is 40.8 Å². The molecule has 0 aliphatic rings. The Morgan fingerprint density at radius 1 is 0.880 bits per heavy atom. The van der Waals surface area contributed by atoms with E-state index in [2.05, 4.69) is 23.0 Å². The summed E-state index contributed by atoms with van der Waals surface area (Å²) in [5.41, 5.74) is 7.78. The summed E-state index contributed by atoms with van der Waals surface area (Å²) in [6.45, 7) is 6.74. The van der Waals surface area contributed by atoms with Gasteiger partial charge < -0.3 is 20.6 Å². The third-order valence-electron chi connectivity index (χ3n) is 8.65. The lowest BCUT2D eigenvalue weighted by molar-refractivity contribution is -0.878. The fraction of sp³-hybridized carbons (Fsp3) is 0.351. The van der Waals surface area contributed by atoms with Gasteiger partial charge in [0.05, 0.1) is 30.6 Å². The zero-order chi connectivity index (χ0) is 36.5. The quantitative estimate of drug-likeness (QED) is 0.0987. The van der Waals surface area contributed by atoms with Crippen LogP contribution >= 0.6 is 0 Å². The number of benzene rings is 3. The first kappa shape index (κ1) is 38.4. The molecule has 13 heteroatoms. The summed E-state index contributed by atoms with van der Waals surface area (Å²) >= 11 is 0. The average molecular weight is 712 g/mol. The number of quaternary nitrogens is 1. The Hall–Kier alpha value is -4.43. The van der Waals surface area contributed by atoms with E-state index in [4.69, 9.17) is 10.2 Å². The zero-order valence-electron chi connectivity index (χ0n) is 28.5. The molecule has 0 saturated heterocycles. The minimum Gasteiger partial charge on any atom is -0.451 e. The van der Waals surface area contributed by atoms with Crippen LogP contribution in [0.4, 0.5) is 14.5 Å². The fourth-order valence-electron chi connectivity index (χ4n) is 6.50. The van der Waals surface area contributed by atoms with Crippen LogP contribution in [0.5, 0.6) is 0 Å². The molecule has 4 aromatic rings. The number of aryl methyl sites for hydroxylation is 1. The van der Waals surface area contributed by atoms with Crippen molar-refractivity contribution in [3.05, 3.63) is 119 Å². The number of aliphatic hydroxyl groups excluding tert-OH is 1. The minimum atomic E-state index is -4.23. The van der Waals surface area contributed by atoms with Gasteiger partial charge in [-0.25, -0.2) is 13.6 Å². The standard InChI is InChI=1S/C37H44F2N4O6S/c1-4-12-43(13-5-2,37(46)29-19-28(36(40)45)20-32(21-29)42-50(47,48)35-11-8-14-49-35)33(18-27-16-30(38)22-31(39)17-27)34(44)24-41-23-26-10-7-9-25(6-3)15-26/h7-11,14-17,19-22,33-34,41-42,44H,4-6,12-13,18,23-24H2,1-3H3,(H-,40,45)/p+1/t33-,34+/m0/s1. The molecule has 4 rings (SSSR count). The van der Waals surface area contributed by atoms with Gasteiger partial charge in [0.25, 0.3) is 10.0 Å². The number of sulfonamides is 1. The first-order chi connectivity index (χ1) is 23.8. The number of carbonyl (C=O) groups excluding carboxylic acids is 2. The highest BCUT2D eigenvalue weighted by Gasteiger charge is 2.47. The van der Waals surface area contributed by atoms with Gasteiger partial charge in [-0.05, 0) is 78.4 Å². The number of carbonyl (C=O) groups is 2. The van der Waals surface area contributed by atoms with Crippen molar-refractivity contribution in [2.75, 3.05) is 24.4 Å². The first-order valence-electron chi connectivity index (χ1n) is 16.7. The van der Waals surface area contributed by atoms with Crippen LogP contribution in [0.2, 0.25) is 0 Å². The number of aliphatic hydroxyl groups is 1. The normalized spacial score (nSPS) is 13.2. The van der Waals surface area contributed by atoms with Crippen molar-refractivity contribution in [2.24, 2.45) is 5.73 Å². The summed E-state index contributed by atoms with van der Waals surface area (Å²) in [6, 6.07) is 16.7. The minimum absolute atomic E-state index is 0.0349. The van der Waals surface area contributed by atoms with Crippen LogP contribution < -0.4 is 15.8 Å². The molecule has 3 aromatic carbocycles. The SMILES string of the molecule is CCC[N+](CCC)(C(=O)c1cc(NS(=O)(=O)c2ccco2)cc(C(N)=O)c1)[C@@H](Cc1cc(F)cc(F)c1)[C@H](O)CNCc1cccc(CC)c1. The maximum atomic E-state index is 14.9. The van der Waals surface area contributed by atoms with Crippen LogP contribution in [0, 0.1) is 11.6 Å². The van der Waals surface area contributed by atoms with Crippen molar-refractivity contribution in [1.82, 2.24) is 5.32 Å². The predicted octanol–water partition coefficient (Wildman–Crippen LogP) is 5.56. The molecule has 0 aliphatic heterocycles. The summed E-state index contributed by atoms with van der Waals surface area (Å²) in [4.78, 5) is 27.4. The summed E-state index contributed by atoms with van der Waals surface area (Å²) < 4.78 is 62.0. The van der Waals surface area contributed by atoms with Crippen LogP contribution in [0.1, 0.15) is 71.0 Å². The number of furan rings is 1. The monoisotopic (exact) mass is 711 g/mol. The van der Waals surface area contributed by atoms with Gasteiger partial charge in [-0.1, -0.05) is 45.0 Å². The molecule has 268 valence electrons. The summed E-state index contributed by atoms with van der Waals surface area (Å²) in [5, 5.41) is 14.8. The van der Waals surface area contributed by atoms with E-state index >= 15 is 0 Å². The van der Waals surface area contributed by atoms with Crippen molar-refractivity contribution in [2.45, 2.75) is 70.2 Å². The number of hydrogen-bond acceptors (Lipinski definition) is 7. The maximum Gasteiger partial charge on any atom is 0.346 e. The molecular formula is C37H45F2N4O6S+. The summed E-state index contributed by atoms with van der Waals surface area (Å²) in [5.74, 6) is -3.00. The average Bonchev–Trinajstić information content (AvgIpc) is 3.63. The Morgan fingerprint density at radius 3 is 2.14 bits per heavy atom. The topological polar surface area (TPSA) is 152 Å². The van der Waals surface area contributed by atoms with E-state index in [-0.39, 0.29) is 58.0 Å². The second-order valence-corrected chi connectivity index (χ2v) is 14.0. The molecule has 2 amide bonds. The Morgan fingerprint density at radius 2 is 1.54 bits per heavy atom. The lowest BCUT2D eigenvalue weighted by Gasteiger charge is -2.44. The Labute approximate surface area is 291 Å². The Balaban J connectivity index is 1.79. The predicted molar refractivity (Wildman–Crippen MR) is 187 cm³/mol. The molecule has 0 saturated carbocycles. The van der Waals surface area contributed by atoms with Crippen LogP contribution in [0.25, 0.3) is 0 Å². The number of nitrogens with zero attached hydrogens (tertiary/aromatic N) is 1. The van der Waals surface area contributed by atoms with Gasteiger partial charge in [0.2, 0.25) is 11.0 Å². The van der Waals surface area contributed by atoms with Crippen LogP contribution in [0.15, 0.2) is 88.6 Å². The number of nitrogens with one attached hydrogen (secondary N) is 2. The zero-order valence-corrected chi connectivity index (χ0v) is 29.3. The molecule has 5 N–H and O–H groups in total. The van der Waals surface area contributed by atoms with E-state index in [0.29, 0.717) is 19.4 Å². The van der Waals surface area contributed by atoms with Gasteiger partial charge in [0.1, 0.15) is 23.8 Å². The van der Waals surface area contributed by atoms with E-state index in [0.717, 1.165) is 23.6 Å². The second-order valence-electron chi connectivity index (χ2n) is 12.4. The smallest absolute Gasteiger partial charge is 0.346 e. The molecule has 0 bridgehead atoms. The van der Waals surface area contributed by atoms with Crippen LogP contribution in [0.3, 0.4) is 0 Å². The van der Waals surface area contributed by atoms with E-state index in [1.165, 1.54) is 48.7 Å². The van der Waals surface area contributed by atoms with E-state index in [1.54, 1.807) is 0 Å². The molecule has 0 fully saturated rings. The molecular weight excluding hydrogens is 666 g/mol. The summed E-state index contributed by atoms with van der Waals surface area (Å²) in [6.07, 6.45) is 1.77.